The Labute approximate surface area is 205 Å². The van der Waals surface area contributed by atoms with Gasteiger partial charge in [0.2, 0.25) is 0 Å². The molecule has 0 rings (SSSR count). The Balaban J connectivity index is 3.86. The molecule has 4 nitrogen and oxygen atoms in total. The molecule has 33 heavy (non-hydrogen) atoms. The molecule has 0 aromatic heterocycles. The molecule has 0 bridgehead atoms. The zero-order valence-electron chi connectivity index (χ0n) is 22.2. The average molecular weight is 469 g/mol. The van der Waals surface area contributed by atoms with Crippen LogP contribution in [0.15, 0.2) is 0 Å². The van der Waals surface area contributed by atoms with Crippen molar-refractivity contribution in [3.63, 3.8) is 0 Å². The van der Waals surface area contributed by atoms with Gasteiger partial charge in [-0.25, -0.2) is 0 Å². The van der Waals surface area contributed by atoms with Crippen LogP contribution < -0.4 is 0 Å². The molecule has 0 spiro atoms. The monoisotopic (exact) mass is 468 g/mol. The van der Waals surface area contributed by atoms with Crippen LogP contribution in [0.3, 0.4) is 0 Å². The minimum absolute atomic E-state index is 0.00660. The van der Waals surface area contributed by atoms with E-state index in [0.29, 0.717) is 6.42 Å². The second kappa shape index (κ2) is 25.6. The number of hydrogen-bond donors (Lipinski definition) is 1. The molecule has 0 fully saturated rings. The average Bonchev–Trinajstić information content (AvgIpc) is 2.79. The van der Waals surface area contributed by atoms with Gasteiger partial charge in [-0.05, 0) is 38.5 Å². The van der Waals surface area contributed by atoms with Gasteiger partial charge in [-0.1, -0.05) is 117 Å². The predicted octanol–water partition coefficient (Wildman–Crippen LogP) is 9.39. The molecule has 0 saturated heterocycles. The highest BCUT2D eigenvalue weighted by Gasteiger charge is 2.14. The summed E-state index contributed by atoms with van der Waals surface area (Å²) >= 11 is 0. The molecule has 0 aromatic carbocycles. The van der Waals surface area contributed by atoms with Crippen molar-refractivity contribution in [1.82, 2.24) is 0 Å². The summed E-state index contributed by atoms with van der Waals surface area (Å²) in [7, 11) is 0. The van der Waals surface area contributed by atoms with E-state index in [-0.39, 0.29) is 18.5 Å². The molecule has 0 amide bonds. The van der Waals surface area contributed by atoms with Crippen molar-refractivity contribution in [2.24, 2.45) is 0 Å². The van der Waals surface area contributed by atoms with Crippen LogP contribution in [-0.4, -0.2) is 23.1 Å². The maximum Gasteiger partial charge on any atom is 0.306 e. The van der Waals surface area contributed by atoms with E-state index in [1.54, 1.807) is 0 Å². The van der Waals surface area contributed by atoms with Crippen molar-refractivity contribution < 1.29 is 19.4 Å². The van der Waals surface area contributed by atoms with Gasteiger partial charge in [-0.3, -0.25) is 9.59 Å². The van der Waals surface area contributed by atoms with E-state index in [0.717, 1.165) is 64.2 Å². The standard InChI is InChI=1S/C29H56O4/c1-3-5-7-9-10-11-12-13-14-18-22-26-29(32)33-27(23-19-8-6-4-2)24-20-16-15-17-21-25-28(30)31/h27H,3-26H2,1-2H3,(H,30,31). The molecule has 0 radical (unpaired) electrons. The first-order chi connectivity index (χ1) is 16.1. The van der Waals surface area contributed by atoms with Gasteiger partial charge in [0.05, 0.1) is 0 Å². The number of carboxylic acids is 1. The van der Waals surface area contributed by atoms with Gasteiger partial charge in [0, 0.05) is 12.8 Å². The highest BCUT2D eigenvalue weighted by atomic mass is 16.5. The lowest BCUT2D eigenvalue weighted by atomic mass is 10.0. The summed E-state index contributed by atoms with van der Waals surface area (Å²) in [6.07, 6.45) is 26.9. The van der Waals surface area contributed by atoms with Crippen LogP contribution >= 0.6 is 0 Å². The Morgan fingerprint density at radius 1 is 0.545 bits per heavy atom. The van der Waals surface area contributed by atoms with Crippen molar-refractivity contribution >= 4 is 11.9 Å². The number of carbonyl (C=O) groups excluding carboxylic acids is 1. The van der Waals surface area contributed by atoms with Gasteiger partial charge in [0.25, 0.3) is 0 Å². The number of ether oxygens (including phenoxy) is 1. The molecular weight excluding hydrogens is 412 g/mol. The van der Waals surface area contributed by atoms with E-state index in [9.17, 15) is 9.59 Å². The number of esters is 1. The Hall–Kier alpha value is -1.06. The van der Waals surface area contributed by atoms with Crippen LogP contribution in [0.25, 0.3) is 0 Å². The lowest BCUT2D eigenvalue weighted by molar-refractivity contribution is -0.150. The van der Waals surface area contributed by atoms with Crippen molar-refractivity contribution in [3.8, 4) is 0 Å². The summed E-state index contributed by atoms with van der Waals surface area (Å²) in [6.45, 7) is 4.48. The molecule has 4 heteroatoms. The Bertz CT molecular complexity index is 435. The van der Waals surface area contributed by atoms with E-state index in [2.05, 4.69) is 13.8 Å². The number of hydrogen-bond acceptors (Lipinski definition) is 3. The fraction of sp³-hybridized carbons (Fsp3) is 0.931. The van der Waals surface area contributed by atoms with Gasteiger partial charge >= 0.3 is 11.9 Å². The number of aliphatic carboxylic acids is 1. The molecule has 0 saturated carbocycles. The van der Waals surface area contributed by atoms with Gasteiger partial charge in [-0.15, -0.1) is 0 Å². The fourth-order valence-corrected chi connectivity index (χ4v) is 4.42. The summed E-state index contributed by atoms with van der Waals surface area (Å²) in [5.41, 5.74) is 0. The molecule has 0 heterocycles. The fourth-order valence-electron chi connectivity index (χ4n) is 4.42. The first-order valence-electron chi connectivity index (χ1n) is 14.5. The summed E-state index contributed by atoms with van der Waals surface area (Å²) in [6, 6.07) is 0. The van der Waals surface area contributed by atoms with Gasteiger partial charge in [-0.2, -0.15) is 0 Å². The molecular formula is C29H56O4. The van der Waals surface area contributed by atoms with E-state index in [4.69, 9.17) is 9.84 Å². The Morgan fingerprint density at radius 3 is 1.36 bits per heavy atom. The van der Waals surface area contributed by atoms with Crippen molar-refractivity contribution in [1.29, 1.82) is 0 Å². The lowest BCUT2D eigenvalue weighted by Gasteiger charge is -2.18. The predicted molar refractivity (Wildman–Crippen MR) is 140 cm³/mol. The van der Waals surface area contributed by atoms with Crippen LogP contribution in [0.5, 0.6) is 0 Å². The molecule has 0 aliphatic rings. The second-order valence-electron chi connectivity index (χ2n) is 9.95. The van der Waals surface area contributed by atoms with Gasteiger partial charge in [0.1, 0.15) is 6.10 Å². The molecule has 1 unspecified atom stereocenters. The largest absolute Gasteiger partial charge is 0.481 e. The summed E-state index contributed by atoms with van der Waals surface area (Å²) in [5, 5.41) is 8.70. The van der Waals surface area contributed by atoms with Crippen molar-refractivity contribution in [2.45, 2.75) is 174 Å². The maximum absolute atomic E-state index is 12.4. The topological polar surface area (TPSA) is 63.6 Å². The highest BCUT2D eigenvalue weighted by Crippen LogP contribution is 2.18. The van der Waals surface area contributed by atoms with Gasteiger partial charge < -0.3 is 9.84 Å². The highest BCUT2D eigenvalue weighted by molar-refractivity contribution is 5.69. The zero-order chi connectivity index (χ0) is 24.4. The minimum atomic E-state index is -0.702. The van der Waals surface area contributed by atoms with E-state index >= 15 is 0 Å². The third-order valence-electron chi connectivity index (χ3n) is 6.58. The van der Waals surface area contributed by atoms with Crippen LogP contribution in [0.4, 0.5) is 0 Å². The Morgan fingerprint density at radius 2 is 0.909 bits per heavy atom. The van der Waals surface area contributed by atoms with Crippen molar-refractivity contribution in [3.05, 3.63) is 0 Å². The summed E-state index contributed by atoms with van der Waals surface area (Å²) < 4.78 is 5.87. The maximum atomic E-state index is 12.4. The quantitative estimate of drug-likeness (QED) is 0.101. The number of rotatable bonds is 26. The third kappa shape index (κ3) is 25.4. The molecule has 0 aromatic rings. The molecule has 196 valence electrons. The van der Waals surface area contributed by atoms with E-state index in [1.807, 2.05) is 0 Å². The normalized spacial score (nSPS) is 12.1. The summed E-state index contributed by atoms with van der Waals surface area (Å²) in [4.78, 5) is 22.9. The van der Waals surface area contributed by atoms with E-state index in [1.165, 1.54) is 77.0 Å². The number of carboxylic acid groups (broad SMARTS) is 1. The smallest absolute Gasteiger partial charge is 0.306 e. The first kappa shape index (κ1) is 31.9. The third-order valence-corrected chi connectivity index (χ3v) is 6.58. The van der Waals surface area contributed by atoms with Crippen LogP contribution in [0.2, 0.25) is 0 Å². The molecule has 0 aliphatic carbocycles. The zero-order valence-corrected chi connectivity index (χ0v) is 22.2. The minimum Gasteiger partial charge on any atom is -0.481 e. The van der Waals surface area contributed by atoms with Gasteiger partial charge in [0.15, 0.2) is 0 Å². The molecule has 0 aliphatic heterocycles. The lowest BCUT2D eigenvalue weighted by Crippen LogP contribution is -2.18. The molecule has 1 atom stereocenters. The molecule has 1 N–H and O–H groups in total. The number of unbranched alkanes of at least 4 members (excludes halogenated alkanes) is 17. The van der Waals surface area contributed by atoms with Crippen molar-refractivity contribution in [2.75, 3.05) is 0 Å². The Kier molecular flexibility index (Phi) is 24.7. The van der Waals surface area contributed by atoms with Crippen LogP contribution in [0.1, 0.15) is 168 Å². The summed E-state index contributed by atoms with van der Waals surface area (Å²) in [5.74, 6) is -0.709. The van der Waals surface area contributed by atoms with Crippen LogP contribution in [0, 0.1) is 0 Å². The number of carbonyl (C=O) groups is 2. The SMILES string of the molecule is CCCCCCCCCCCCCC(=O)OC(CCCCCC)CCCCCCCC(=O)O. The second-order valence-corrected chi connectivity index (χ2v) is 9.95. The first-order valence-corrected chi connectivity index (χ1v) is 14.5. The van der Waals surface area contributed by atoms with Crippen LogP contribution in [-0.2, 0) is 14.3 Å². The van der Waals surface area contributed by atoms with E-state index < -0.39 is 5.97 Å².